The third-order valence-electron chi connectivity index (χ3n) is 3.84. The maximum absolute atomic E-state index is 12.7. The summed E-state index contributed by atoms with van der Waals surface area (Å²) in [6.07, 6.45) is 1.78. The van der Waals surface area contributed by atoms with Crippen LogP contribution in [0.2, 0.25) is 5.02 Å². The maximum atomic E-state index is 12.7. The number of aryl methyl sites for hydroxylation is 1. The minimum absolute atomic E-state index is 0. The van der Waals surface area contributed by atoms with E-state index in [0.717, 1.165) is 24.9 Å². The Morgan fingerprint density at radius 3 is 2.52 bits per heavy atom. The highest BCUT2D eigenvalue weighted by Crippen LogP contribution is 2.29. The summed E-state index contributed by atoms with van der Waals surface area (Å²) in [5, 5.41) is 3.49. The van der Waals surface area contributed by atoms with Crippen molar-refractivity contribution in [2.24, 2.45) is 5.92 Å². The lowest BCUT2D eigenvalue weighted by molar-refractivity contribution is 0.270. The fraction of sp³-hybridized carbons (Fsp3) is 0.571. The molecule has 1 heterocycles. The lowest BCUT2D eigenvalue weighted by atomic mass is 9.98. The van der Waals surface area contributed by atoms with Gasteiger partial charge in [0.15, 0.2) is 0 Å². The van der Waals surface area contributed by atoms with Gasteiger partial charge in [-0.2, -0.15) is 4.31 Å². The van der Waals surface area contributed by atoms with Crippen LogP contribution < -0.4 is 5.32 Å². The van der Waals surface area contributed by atoms with Crippen molar-refractivity contribution < 1.29 is 8.42 Å². The van der Waals surface area contributed by atoms with Crippen molar-refractivity contribution in [2.45, 2.75) is 24.7 Å². The smallest absolute Gasteiger partial charge is 0.244 e. The van der Waals surface area contributed by atoms with E-state index in [1.807, 2.05) is 20.0 Å². The van der Waals surface area contributed by atoms with E-state index in [1.165, 1.54) is 0 Å². The van der Waals surface area contributed by atoms with Crippen LogP contribution >= 0.6 is 24.0 Å². The molecule has 1 aromatic carbocycles. The Labute approximate surface area is 138 Å². The molecule has 0 aliphatic carbocycles. The van der Waals surface area contributed by atoms with Crippen LogP contribution in [0.1, 0.15) is 18.4 Å². The van der Waals surface area contributed by atoms with E-state index in [2.05, 4.69) is 5.32 Å². The highest BCUT2D eigenvalue weighted by molar-refractivity contribution is 7.89. The van der Waals surface area contributed by atoms with Crippen molar-refractivity contribution in [3.63, 3.8) is 0 Å². The molecule has 21 heavy (non-hydrogen) atoms. The van der Waals surface area contributed by atoms with Crippen molar-refractivity contribution in [1.82, 2.24) is 9.62 Å². The molecule has 0 amide bonds. The van der Waals surface area contributed by atoms with Gasteiger partial charge in [0.25, 0.3) is 0 Å². The van der Waals surface area contributed by atoms with Crippen LogP contribution in [0.5, 0.6) is 0 Å². The molecule has 0 unspecified atom stereocenters. The first-order valence-corrected chi connectivity index (χ1v) is 8.68. The SMILES string of the molecule is CNCC1CCN(S(=O)(=O)c2cccc(C)c2Cl)CC1.Cl. The summed E-state index contributed by atoms with van der Waals surface area (Å²) in [5.41, 5.74) is 0.790. The molecule has 0 atom stereocenters. The van der Waals surface area contributed by atoms with Gasteiger partial charge in [-0.15, -0.1) is 12.4 Å². The molecule has 0 aromatic heterocycles. The zero-order valence-electron chi connectivity index (χ0n) is 12.3. The fourth-order valence-electron chi connectivity index (χ4n) is 2.60. The Morgan fingerprint density at radius 2 is 1.95 bits per heavy atom. The van der Waals surface area contributed by atoms with Crippen molar-refractivity contribution >= 4 is 34.0 Å². The zero-order valence-corrected chi connectivity index (χ0v) is 14.7. The molecule has 1 fully saturated rings. The molecule has 0 spiro atoms. The Morgan fingerprint density at radius 1 is 1.33 bits per heavy atom. The average molecular weight is 353 g/mol. The summed E-state index contributed by atoms with van der Waals surface area (Å²) in [6.45, 7) is 3.90. The summed E-state index contributed by atoms with van der Waals surface area (Å²) in [4.78, 5) is 0.228. The van der Waals surface area contributed by atoms with E-state index >= 15 is 0 Å². The van der Waals surface area contributed by atoms with Crippen molar-refractivity contribution in [3.05, 3.63) is 28.8 Å². The van der Waals surface area contributed by atoms with Crippen LogP contribution in [-0.4, -0.2) is 39.4 Å². The summed E-state index contributed by atoms with van der Waals surface area (Å²) in [6, 6.07) is 5.15. The van der Waals surface area contributed by atoms with Crippen LogP contribution in [0.15, 0.2) is 23.1 Å². The molecule has 0 radical (unpaired) electrons. The topological polar surface area (TPSA) is 49.4 Å². The standard InChI is InChI=1S/C14H21ClN2O2S.ClH/c1-11-4-3-5-13(14(11)15)20(18,19)17-8-6-12(7-9-17)10-16-2;/h3-5,12,16H,6-10H2,1-2H3;1H. The Balaban J connectivity index is 0.00000220. The van der Waals surface area contributed by atoms with E-state index in [9.17, 15) is 8.42 Å². The van der Waals surface area contributed by atoms with E-state index in [1.54, 1.807) is 16.4 Å². The zero-order chi connectivity index (χ0) is 14.8. The Kier molecular flexibility index (Phi) is 6.94. The summed E-state index contributed by atoms with van der Waals surface area (Å²) in [5.74, 6) is 0.555. The maximum Gasteiger partial charge on any atom is 0.244 e. The molecule has 0 saturated carbocycles. The van der Waals surface area contributed by atoms with Crippen molar-refractivity contribution in [1.29, 1.82) is 0 Å². The number of hydrogen-bond donors (Lipinski definition) is 1. The Bertz CT molecular complexity index is 570. The molecular weight excluding hydrogens is 331 g/mol. The van der Waals surface area contributed by atoms with Gasteiger partial charge in [-0.05, 0) is 50.9 Å². The third-order valence-corrected chi connectivity index (χ3v) is 6.40. The van der Waals surface area contributed by atoms with Crippen molar-refractivity contribution in [3.8, 4) is 0 Å². The number of rotatable bonds is 4. The van der Waals surface area contributed by atoms with Gasteiger partial charge >= 0.3 is 0 Å². The second kappa shape index (κ2) is 7.79. The molecular formula is C14H22Cl2N2O2S. The molecule has 4 nitrogen and oxygen atoms in total. The predicted molar refractivity (Wildman–Crippen MR) is 88.8 cm³/mol. The lowest BCUT2D eigenvalue weighted by Crippen LogP contribution is -2.40. The minimum Gasteiger partial charge on any atom is -0.319 e. The summed E-state index contributed by atoms with van der Waals surface area (Å²) in [7, 11) is -1.55. The van der Waals surface area contributed by atoms with Gasteiger partial charge in [-0.25, -0.2) is 8.42 Å². The largest absolute Gasteiger partial charge is 0.319 e. The molecule has 1 aromatic rings. The fourth-order valence-corrected chi connectivity index (χ4v) is 4.63. The molecule has 0 bridgehead atoms. The van der Waals surface area contributed by atoms with Gasteiger partial charge in [-0.3, -0.25) is 0 Å². The molecule has 1 N–H and O–H groups in total. The highest BCUT2D eigenvalue weighted by Gasteiger charge is 2.30. The van der Waals surface area contributed by atoms with Crippen molar-refractivity contribution in [2.75, 3.05) is 26.7 Å². The number of sulfonamides is 1. The van der Waals surface area contributed by atoms with Crippen LogP contribution in [0, 0.1) is 12.8 Å². The average Bonchev–Trinajstić information content (AvgIpc) is 2.42. The van der Waals surface area contributed by atoms with Gasteiger partial charge in [-0.1, -0.05) is 23.7 Å². The number of hydrogen-bond acceptors (Lipinski definition) is 3. The van der Waals surface area contributed by atoms with Crippen LogP contribution in [-0.2, 0) is 10.0 Å². The first-order chi connectivity index (χ1) is 9.46. The van der Waals surface area contributed by atoms with Crippen LogP contribution in [0.4, 0.5) is 0 Å². The highest BCUT2D eigenvalue weighted by atomic mass is 35.5. The van der Waals surface area contributed by atoms with E-state index < -0.39 is 10.0 Å². The number of benzene rings is 1. The molecule has 7 heteroatoms. The van der Waals surface area contributed by atoms with Crippen LogP contribution in [0.3, 0.4) is 0 Å². The first kappa shape index (κ1) is 18.7. The quantitative estimate of drug-likeness (QED) is 0.906. The van der Waals surface area contributed by atoms with Gasteiger partial charge in [0.1, 0.15) is 4.90 Å². The summed E-state index contributed by atoms with van der Waals surface area (Å²) < 4.78 is 26.9. The lowest BCUT2D eigenvalue weighted by Gasteiger charge is -2.31. The molecule has 120 valence electrons. The van der Waals surface area contributed by atoms with E-state index in [-0.39, 0.29) is 17.3 Å². The molecule has 2 rings (SSSR count). The summed E-state index contributed by atoms with van der Waals surface area (Å²) >= 11 is 6.16. The second-order valence-electron chi connectivity index (χ2n) is 5.29. The number of nitrogens with one attached hydrogen (secondary N) is 1. The van der Waals surface area contributed by atoms with E-state index in [4.69, 9.17) is 11.6 Å². The van der Waals surface area contributed by atoms with Crippen LogP contribution in [0.25, 0.3) is 0 Å². The monoisotopic (exact) mass is 352 g/mol. The predicted octanol–water partition coefficient (Wildman–Crippen LogP) is 2.69. The van der Waals surface area contributed by atoms with Gasteiger partial charge in [0, 0.05) is 13.1 Å². The number of piperidine rings is 1. The van der Waals surface area contributed by atoms with Gasteiger partial charge in [0.2, 0.25) is 10.0 Å². The Hall–Kier alpha value is -0.330. The number of halogens is 2. The first-order valence-electron chi connectivity index (χ1n) is 6.86. The second-order valence-corrected chi connectivity index (χ2v) is 7.58. The molecule has 1 aliphatic heterocycles. The van der Waals surface area contributed by atoms with E-state index in [0.29, 0.717) is 24.0 Å². The third kappa shape index (κ3) is 4.11. The molecule has 1 aliphatic rings. The van der Waals surface area contributed by atoms with Gasteiger partial charge in [0.05, 0.1) is 5.02 Å². The normalized spacial score (nSPS) is 17.5. The number of nitrogens with zero attached hydrogens (tertiary/aromatic N) is 1. The minimum atomic E-state index is -3.47. The van der Waals surface area contributed by atoms with Gasteiger partial charge < -0.3 is 5.32 Å². The molecule has 1 saturated heterocycles.